The highest BCUT2D eigenvalue weighted by atomic mass is 127. The third-order valence-corrected chi connectivity index (χ3v) is 28.3. The van der Waals surface area contributed by atoms with Crippen molar-refractivity contribution >= 4 is 108 Å². The summed E-state index contributed by atoms with van der Waals surface area (Å²) in [7, 11) is 9.48. The van der Waals surface area contributed by atoms with Crippen LogP contribution in [0.5, 0.6) is 17.2 Å². The van der Waals surface area contributed by atoms with Crippen molar-refractivity contribution in [3.63, 3.8) is 0 Å². The van der Waals surface area contributed by atoms with Crippen LogP contribution in [0.15, 0.2) is 47.2 Å². The van der Waals surface area contributed by atoms with Gasteiger partial charge in [0, 0.05) is 120 Å². The summed E-state index contributed by atoms with van der Waals surface area (Å²) in [6.07, 6.45) is -11.8. The van der Waals surface area contributed by atoms with Gasteiger partial charge in [-0.05, 0) is 103 Å². The van der Waals surface area contributed by atoms with Crippen molar-refractivity contribution in [2.45, 2.75) is 234 Å². The molecule has 0 bridgehead atoms. The average Bonchev–Trinajstić information content (AvgIpc) is 0.764. The highest BCUT2D eigenvalue weighted by molar-refractivity contribution is 14.1. The highest BCUT2D eigenvalue weighted by Crippen LogP contribution is 2.50. The fourth-order valence-electron chi connectivity index (χ4n) is 15.2. The molecule has 19 atom stereocenters. The molecule has 0 aromatic heterocycles. The Morgan fingerprint density at radius 1 is 0.691 bits per heavy atom. The van der Waals surface area contributed by atoms with Crippen LogP contribution in [-0.2, 0) is 119 Å². The summed E-state index contributed by atoms with van der Waals surface area (Å²) in [5.41, 5.74) is 0.975. The molecule has 46 heteroatoms. The van der Waals surface area contributed by atoms with Crippen molar-refractivity contribution in [3.05, 3.63) is 61.9 Å². The maximum absolute atomic E-state index is 14.6. The van der Waals surface area contributed by atoms with Gasteiger partial charge in [0.05, 0.1) is 209 Å². The Morgan fingerprint density at radius 3 is 1.81 bits per heavy atom. The van der Waals surface area contributed by atoms with Gasteiger partial charge in [0.1, 0.15) is 30.5 Å². The number of nitrogens with one attached hydrogen (secondary N) is 5. The Labute approximate surface area is 819 Å². The fraction of sp³-hybridized carbons (Fsp3) is 0.722. The molecule has 1 aliphatic carbocycles. The van der Waals surface area contributed by atoms with E-state index < -0.39 is 155 Å². The number of carbonyl (C=O) groups excluding carboxylic acids is 9. The zero-order chi connectivity index (χ0) is 99.6. The predicted octanol–water partition coefficient (Wildman–Crippen LogP) is 2.95. The van der Waals surface area contributed by atoms with Gasteiger partial charge >= 0.3 is 6.09 Å². The number of carbonyl (C=O) groups is 9. The summed E-state index contributed by atoms with van der Waals surface area (Å²) >= 11 is 2.78. The zero-order valence-corrected chi connectivity index (χ0v) is 84.6. The summed E-state index contributed by atoms with van der Waals surface area (Å²) < 4.78 is 117. The third-order valence-electron chi connectivity index (χ3n) is 22.4. The number of thioether (sulfide) groups is 1. The van der Waals surface area contributed by atoms with E-state index in [0.717, 1.165) is 23.8 Å². The predicted molar refractivity (Wildman–Crippen MR) is 503 cm³/mol. The van der Waals surface area contributed by atoms with Crippen molar-refractivity contribution in [2.24, 2.45) is 0 Å². The number of halogens is 1. The molecule has 0 spiro atoms. The number of hydroxylamine groups is 1. The van der Waals surface area contributed by atoms with Crippen molar-refractivity contribution in [3.8, 4) is 29.1 Å². The van der Waals surface area contributed by atoms with E-state index in [2.05, 4.69) is 38.6 Å². The number of allylic oxidation sites excluding steroid dienone is 3. The Balaban J connectivity index is 0.852. The van der Waals surface area contributed by atoms with E-state index >= 15 is 0 Å². The summed E-state index contributed by atoms with van der Waals surface area (Å²) in [5.74, 6) is 3.38. The lowest BCUT2D eigenvalue weighted by Crippen LogP contribution is -2.65. The Hall–Kier alpha value is -6.37. The topological polar surface area (TPSA) is 515 Å². The van der Waals surface area contributed by atoms with Crippen LogP contribution in [0.2, 0.25) is 0 Å². The van der Waals surface area contributed by atoms with Crippen LogP contribution in [0.25, 0.3) is 0 Å². The van der Waals surface area contributed by atoms with Gasteiger partial charge in [0.15, 0.2) is 41.8 Å². The third kappa shape index (κ3) is 36.2. The Kier molecular flexibility index (Phi) is 52.1. The number of aliphatic hydroxyl groups excluding tert-OH is 4. The number of amides is 7. The molecule has 0 unspecified atom stereocenters. The maximum Gasteiger partial charge on any atom is 0.411 e. The summed E-state index contributed by atoms with van der Waals surface area (Å²) in [6.45, 7) is 23.5. The normalized spacial score (nSPS) is 26.4. The first kappa shape index (κ1) is 117. The highest BCUT2D eigenvalue weighted by Gasteiger charge is 2.53. The number of methoxy groups -OCH3 is 5. The van der Waals surface area contributed by atoms with Gasteiger partial charge < -0.3 is 141 Å². The molecule has 7 amide bonds. The van der Waals surface area contributed by atoms with Crippen molar-refractivity contribution in [1.82, 2.24) is 36.5 Å². The molecule has 4 saturated heterocycles. The van der Waals surface area contributed by atoms with Crippen LogP contribution in [0.4, 0.5) is 4.79 Å². The number of rotatable bonds is 59. The van der Waals surface area contributed by atoms with Crippen LogP contribution in [0.3, 0.4) is 0 Å². The van der Waals surface area contributed by atoms with E-state index in [9.17, 15) is 68.7 Å². The Morgan fingerprint density at radius 2 is 1.26 bits per heavy atom. The molecule has 42 nitrogen and oxygen atoms in total. The second-order valence-electron chi connectivity index (χ2n) is 32.6. The molecule has 1 aromatic carbocycles. The number of ketones is 1. The quantitative estimate of drug-likeness (QED) is 0.0112. The number of benzene rings is 1. The second kappa shape index (κ2) is 60.8. The van der Waals surface area contributed by atoms with E-state index in [0.29, 0.717) is 115 Å². The molecule has 1 aromatic rings. The summed E-state index contributed by atoms with van der Waals surface area (Å²) in [6, 6.07) is -1.70. The van der Waals surface area contributed by atoms with Crippen LogP contribution in [0.1, 0.15) is 123 Å². The first-order valence-corrected chi connectivity index (χ1v) is 49.5. The second-order valence-corrected chi connectivity index (χ2v) is 37.9. The van der Waals surface area contributed by atoms with E-state index in [1.165, 1.54) is 75.2 Å². The lowest BCUT2D eigenvalue weighted by Gasteiger charge is -2.47. The molecule has 10 N–H and O–H groups in total. The molecule has 0 radical (unpaired) electrons. The molecule has 5 aliphatic heterocycles. The number of Topliss-reactive ketones (excluding diaryl/α,β-unsaturated/α-hetero) is 1. The smallest absolute Gasteiger partial charge is 0.411 e. The minimum absolute atomic E-state index is 0.00458. The molecule has 4 fully saturated rings. The Bertz CT molecular complexity index is 4160. The lowest BCUT2D eigenvalue weighted by atomic mass is 9.75. The van der Waals surface area contributed by atoms with Crippen LogP contribution < -0.4 is 41.0 Å². The summed E-state index contributed by atoms with van der Waals surface area (Å²) in [5, 5.41) is 68.7. The number of likely N-dealkylation sites (N-methyl/N-ethyl adjacent to an activating group) is 1. The number of ether oxygens (including phenoxy) is 20. The monoisotopic (exact) mass is 2100 g/mol. The number of aliphatic hydroxyl groups is 5. The minimum atomic E-state index is -2.20. The van der Waals surface area contributed by atoms with Crippen LogP contribution >= 0.6 is 55.9 Å². The molecule has 136 heavy (non-hydrogen) atoms. The number of hydrogen-bond donors (Lipinski definition) is 10. The number of hydrogen-bond acceptors (Lipinski definition) is 39. The SMILES string of the molecule is C/C=C\C#C[C@]1(O)CC(=O)C(NC(=O)OC)=C([C@H](C)O[C@@H]2O[C@H](C)[C@@H](NO[C@H]3C[C@H](O)[C@H](SC(=O)c4c(C)c(I)c(O[C@@H]5O[C@@H](C)[C@H](O)[C@@H](OC)[C@H]5O)c(OC)c4OC)[C@@H](C)O3)[C@H](O)[C@H]2O[C@H]2C[C@H](OC)[C@@H](N(CC)C(C)=O)CO2)/C1=C\CSSC(C)(C)CCC(=O)NCCNC(=O)CCOCCOCCOCCOCCOCCOCCOCCOCCNC(=O)CCN1C(=O)C=CC1=O. The molecular weight excluding hydrogens is 1960 g/mol. The van der Waals surface area contributed by atoms with Crippen molar-refractivity contribution in [1.29, 1.82) is 0 Å². The fourth-order valence-corrected chi connectivity index (χ4v) is 19.4. The molecule has 768 valence electrons. The van der Waals surface area contributed by atoms with Gasteiger partial charge in [-0.2, -0.15) is 5.48 Å². The van der Waals surface area contributed by atoms with E-state index in [1.807, 2.05) is 43.4 Å². The molecule has 6 aliphatic rings. The molecule has 7 rings (SSSR count). The largest absolute Gasteiger partial charge is 0.492 e. The van der Waals surface area contributed by atoms with Gasteiger partial charge in [-0.1, -0.05) is 57.3 Å². The number of nitrogens with zero attached hydrogens (tertiary/aromatic N) is 2. The van der Waals surface area contributed by atoms with Gasteiger partial charge in [-0.3, -0.25) is 53.4 Å². The minimum Gasteiger partial charge on any atom is -0.492 e. The number of alkyl carbamates (subject to hydrolysis) is 1. The summed E-state index contributed by atoms with van der Waals surface area (Å²) in [4.78, 5) is 125. The van der Waals surface area contributed by atoms with Gasteiger partial charge in [-0.25, -0.2) is 4.79 Å². The van der Waals surface area contributed by atoms with Crippen LogP contribution in [0, 0.1) is 22.3 Å². The number of imide groups is 1. The maximum atomic E-state index is 14.6. The van der Waals surface area contributed by atoms with Crippen LogP contribution in [-0.4, -0.2) is 394 Å². The van der Waals surface area contributed by atoms with E-state index in [-0.39, 0.29) is 147 Å². The van der Waals surface area contributed by atoms with Gasteiger partial charge in [0.25, 0.3) is 11.8 Å². The first-order chi connectivity index (χ1) is 65.1. The lowest BCUT2D eigenvalue weighted by molar-refractivity contribution is -0.339. The zero-order valence-electron chi connectivity index (χ0n) is 80.0. The van der Waals surface area contributed by atoms with Gasteiger partial charge in [0.2, 0.25) is 40.8 Å². The average molecular weight is 2100 g/mol. The molecule has 5 heterocycles. The molecule has 0 saturated carbocycles. The van der Waals surface area contributed by atoms with Crippen molar-refractivity contribution < 1.29 is 168 Å². The van der Waals surface area contributed by atoms with E-state index in [1.54, 1.807) is 58.6 Å². The molecular formula is C90H138IN7O35S3. The van der Waals surface area contributed by atoms with Crippen molar-refractivity contribution in [2.75, 3.05) is 186 Å². The van der Waals surface area contributed by atoms with E-state index in [4.69, 9.17) is 99.6 Å². The van der Waals surface area contributed by atoms with Gasteiger partial charge in [-0.15, -0.1) is 0 Å². The first-order valence-electron chi connectivity index (χ1n) is 45.2. The standard InChI is InChI=1S/C90H138IN7O35S3/c1-16-18-19-26-90(112)51-62(101)75(95-88(111)117-15)72(59(90)25-48-134-136-89(9,10)27-22-64(102)92-28-29-93-66(104)24-32-118-34-36-120-38-40-122-42-44-124-46-47-125-45-43-123-41-39-121-37-35-119-33-30-94-65(103)23-31-98-67(105)20-21-68(98)106)54(4)128-87-82(131-69-50-63(113-11)60(52-126-69)97(17-2)58(8)99)77(108)74(55(5)129-87)96-133-70-49-61(100)84(57(7)127-70)135-85(110)71-53(3)73(91)80(83(116-14)79(71)114-12)132-86-78(109)81(115-13)76(107)56(6)130-86/h16,18,20-21,25,54-57,60-61,63,69-70,74,76-78,81-82,84,86-87,96,100,107-109,112H,17,22-24,27-52H2,1-15H3,(H,92,102)(H,93,104)(H,94,103)(H,95,111)/b18-16-,59-25+/t54-,55+,56-,57+,60-,61-,63-,69-,70-,74+,76-,77-,78+,81+,82+,84+,86-,87+,90-/m0/s1.